The summed E-state index contributed by atoms with van der Waals surface area (Å²) in [5.74, 6) is -0.254. The molecule has 3 nitrogen and oxygen atoms in total. The standard InChI is InChI=1S/C6H12N2OS3/c7-6(9)5-2-1-3-8(4-5)12(10)11/h5,12H,1-4H2,(H2,7,9). The lowest BCUT2D eigenvalue weighted by atomic mass is 9.99. The second-order valence-corrected chi connectivity index (χ2v) is 6.70. The van der Waals surface area contributed by atoms with Crippen LogP contribution in [0.5, 0.6) is 0 Å². The van der Waals surface area contributed by atoms with E-state index in [0.29, 0.717) is 6.54 Å². The van der Waals surface area contributed by atoms with Crippen LogP contribution in [-0.4, -0.2) is 23.3 Å². The van der Waals surface area contributed by atoms with E-state index in [9.17, 15) is 4.79 Å². The minimum atomic E-state index is -0.878. The predicted octanol–water partition coefficient (Wildman–Crippen LogP) is -0.627. The average Bonchev–Trinajstić information content (AvgIpc) is 2.04. The Hall–Kier alpha value is 0.220. The molecule has 1 atom stereocenters. The first-order valence-electron chi connectivity index (χ1n) is 3.80. The lowest BCUT2D eigenvalue weighted by Crippen LogP contribution is -2.39. The van der Waals surface area contributed by atoms with Crippen molar-refractivity contribution in [1.82, 2.24) is 4.31 Å². The molecule has 12 heavy (non-hydrogen) atoms. The van der Waals surface area contributed by atoms with Gasteiger partial charge >= 0.3 is 0 Å². The molecule has 70 valence electrons. The second-order valence-electron chi connectivity index (χ2n) is 2.89. The Morgan fingerprint density at radius 2 is 2.25 bits per heavy atom. The van der Waals surface area contributed by atoms with Gasteiger partial charge in [-0.1, -0.05) is 0 Å². The normalized spacial score (nSPS) is 25.9. The zero-order valence-corrected chi connectivity index (χ0v) is 9.13. The molecule has 0 bridgehead atoms. The van der Waals surface area contributed by atoms with E-state index in [1.165, 1.54) is 0 Å². The molecule has 1 aliphatic heterocycles. The maximum Gasteiger partial charge on any atom is 0.221 e. The molecule has 0 aliphatic carbocycles. The summed E-state index contributed by atoms with van der Waals surface area (Å²) >= 11 is 9.98. The Labute approximate surface area is 83.3 Å². The zero-order chi connectivity index (χ0) is 9.14. The maximum atomic E-state index is 10.9. The first kappa shape index (κ1) is 10.3. The minimum Gasteiger partial charge on any atom is -0.369 e. The third-order valence-corrected chi connectivity index (χ3v) is 4.24. The van der Waals surface area contributed by atoms with Crippen molar-refractivity contribution in [3.8, 4) is 0 Å². The average molecular weight is 224 g/mol. The van der Waals surface area contributed by atoms with Crippen LogP contribution in [0.1, 0.15) is 12.8 Å². The molecule has 0 aromatic rings. The van der Waals surface area contributed by atoms with E-state index in [0.717, 1.165) is 19.4 Å². The van der Waals surface area contributed by atoms with Gasteiger partial charge in [-0.05, 0) is 43.4 Å². The van der Waals surface area contributed by atoms with E-state index >= 15 is 0 Å². The van der Waals surface area contributed by atoms with Gasteiger partial charge in [-0.15, -0.1) is 0 Å². The van der Waals surface area contributed by atoms with E-state index in [2.05, 4.69) is 0 Å². The van der Waals surface area contributed by atoms with Crippen LogP contribution < -0.4 is 5.73 Å². The van der Waals surface area contributed by atoms with Crippen LogP contribution in [0.3, 0.4) is 0 Å². The number of hydrogen-bond donors (Lipinski definition) is 2. The molecule has 6 heteroatoms. The molecule has 1 unspecified atom stereocenters. The topological polar surface area (TPSA) is 46.3 Å². The SMILES string of the molecule is NC(=O)C1CCCN([SH](=S)=S)C1. The van der Waals surface area contributed by atoms with Gasteiger partial charge < -0.3 is 5.73 Å². The highest BCUT2D eigenvalue weighted by Gasteiger charge is 2.23. The van der Waals surface area contributed by atoms with Crippen LogP contribution in [0.25, 0.3) is 0 Å². The zero-order valence-electron chi connectivity index (χ0n) is 6.60. The first-order chi connectivity index (χ1) is 5.61. The second kappa shape index (κ2) is 4.45. The summed E-state index contributed by atoms with van der Waals surface area (Å²) in [7, 11) is -0.878. The third-order valence-electron chi connectivity index (χ3n) is 2.03. The van der Waals surface area contributed by atoms with Crippen molar-refractivity contribution in [1.29, 1.82) is 0 Å². The van der Waals surface area contributed by atoms with Gasteiger partial charge in [-0.2, -0.15) is 0 Å². The predicted molar refractivity (Wildman–Crippen MR) is 57.0 cm³/mol. The Morgan fingerprint density at radius 1 is 1.58 bits per heavy atom. The molecule has 0 saturated carbocycles. The van der Waals surface area contributed by atoms with Gasteiger partial charge in [-0.25, -0.2) is 4.31 Å². The number of nitrogens with zero attached hydrogens (tertiary/aromatic N) is 1. The third kappa shape index (κ3) is 2.62. The number of piperidine rings is 1. The highest BCUT2D eigenvalue weighted by molar-refractivity contribution is 8.45. The molecule has 1 saturated heterocycles. The van der Waals surface area contributed by atoms with Crippen molar-refractivity contribution in [2.45, 2.75) is 12.8 Å². The van der Waals surface area contributed by atoms with Crippen LogP contribution >= 0.6 is 0 Å². The largest absolute Gasteiger partial charge is 0.369 e. The van der Waals surface area contributed by atoms with E-state index in [4.69, 9.17) is 28.1 Å². The Bertz CT molecular complexity index is 243. The van der Waals surface area contributed by atoms with Crippen molar-refractivity contribution in [2.24, 2.45) is 11.7 Å². The molecule has 0 spiro atoms. The number of hydrogen-bond acceptors (Lipinski definition) is 3. The number of rotatable bonds is 2. The number of carbonyl (C=O) groups excluding carboxylic acids is 1. The number of thiol groups is 1. The van der Waals surface area contributed by atoms with Crippen molar-refractivity contribution in [3.05, 3.63) is 0 Å². The van der Waals surface area contributed by atoms with E-state index in [1.54, 1.807) is 0 Å². The molecule has 1 fully saturated rings. The fourth-order valence-electron chi connectivity index (χ4n) is 1.34. The van der Waals surface area contributed by atoms with Gasteiger partial charge in [0.25, 0.3) is 0 Å². The minimum absolute atomic E-state index is 0.0327. The van der Waals surface area contributed by atoms with Crippen molar-refractivity contribution in [2.75, 3.05) is 13.1 Å². The Morgan fingerprint density at radius 3 is 2.75 bits per heavy atom. The Balaban J connectivity index is 2.57. The van der Waals surface area contributed by atoms with Crippen molar-refractivity contribution >= 4 is 36.5 Å². The van der Waals surface area contributed by atoms with E-state index in [1.807, 2.05) is 4.31 Å². The maximum absolute atomic E-state index is 10.9. The molecule has 1 aliphatic rings. The quantitative estimate of drug-likeness (QED) is 0.613. The number of amides is 1. The van der Waals surface area contributed by atoms with Gasteiger partial charge in [0.2, 0.25) is 5.91 Å². The van der Waals surface area contributed by atoms with Crippen LogP contribution in [0, 0.1) is 5.92 Å². The number of nitrogens with two attached hydrogens (primary N) is 1. The van der Waals surface area contributed by atoms with Gasteiger partial charge in [0, 0.05) is 13.1 Å². The molecule has 2 N–H and O–H groups in total. The van der Waals surface area contributed by atoms with E-state index in [-0.39, 0.29) is 11.8 Å². The van der Waals surface area contributed by atoms with Crippen LogP contribution in [0.4, 0.5) is 0 Å². The molecular weight excluding hydrogens is 212 g/mol. The lowest BCUT2D eigenvalue weighted by molar-refractivity contribution is -0.122. The summed E-state index contributed by atoms with van der Waals surface area (Å²) in [5.41, 5.74) is 5.20. The van der Waals surface area contributed by atoms with Gasteiger partial charge in [0.15, 0.2) is 0 Å². The highest BCUT2D eigenvalue weighted by atomic mass is 33.1. The molecule has 1 amide bonds. The molecule has 0 aromatic carbocycles. The summed E-state index contributed by atoms with van der Waals surface area (Å²) < 4.78 is 2.01. The Kier molecular flexibility index (Phi) is 3.82. The first-order valence-corrected chi connectivity index (χ1v) is 7.12. The molecule has 0 radical (unpaired) electrons. The lowest BCUT2D eigenvalue weighted by Gasteiger charge is -2.28. The smallest absolute Gasteiger partial charge is 0.221 e. The number of carbonyl (C=O) groups is 1. The highest BCUT2D eigenvalue weighted by Crippen LogP contribution is 2.15. The van der Waals surface area contributed by atoms with Gasteiger partial charge in [-0.3, -0.25) is 4.79 Å². The van der Waals surface area contributed by atoms with Crippen molar-refractivity contribution in [3.63, 3.8) is 0 Å². The molecule has 1 heterocycles. The molecule has 0 aromatic heterocycles. The van der Waals surface area contributed by atoms with Crippen LogP contribution in [-0.2, 0) is 35.4 Å². The molecular formula is C6H12N2OS3. The van der Waals surface area contributed by atoms with Gasteiger partial charge in [0.1, 0.15) is 0 Å². The molecule has 1 rings (SSSR count). The monoisotopic (exact) mass is 224 g/mol. The van der Waals surface area contributed by atoms with Gasteiger partial charge in [0.05, 0.1) is 5.92 Å². The number of primary amides is 1. The fraction of sp³-hybridized carbons (Fsp3) is 0.833. The fourth-order valence-corrected chi connectivity index (χ4v) is 2.86. The van der Waals surface area contributed by atoms with E-state index < -0.39 is 8.20 Å². The summed E-state index contributed by atoms with van der Waals surface area (Å²) in [6, 6.07) is 0. The summed E-state index contributed by atoms with van der Waals surface area (Å²) in [6.45, 7) is 1.61. The van der Waals surface area contributed by atoms with Crippen LogP contribution in [0.15, 0.2) is 0 Å². The summed E-state index contributed by atoms with van der Waals surface area (Å²) in [4.78, 5) is 10.9. The summed E-state index contributed by atoms with van der Waals surface area (Å²) in [5, 5.41) is 0. The van der Waals surface area contributed by atoms with Crippen LogP contribution in [0.2, 0.25) is 0 Å². The summed E-state index contributed by atoms with van der Waals surface area (Å²) in [6.07, 6.45) is 1.87. The van der Waals surface area contributed by atoms with Crippen molar-refractivity contribution < 1.29 is 4.79 Å².